The third kappa shape index (κ3) is 4.35. The van der Waals surface area contributed by atoms with Crippen molar-refractivity contribution in [2.45, 2.75) is 40.0 Å². The van der Waals surface area contributed by atoms with Gasteiger partial charge in [0, 0.05) is 0 Å². The van der Waals surface area contributed by atoms with Crippen molar-refractivity contribution in [3.63, 3.8) is 0 Å². The lowest BCUT2D eigenvalue weighted by molar-refractivity contribution is 0.304. The van der Waals surface area contributed by atoms with Gasteiger partial charge in [0.2, 0.25) is 5.95 Å². The highest BCUT2D eigenvalue weighted by atomic mass is 16.5. The van der Waals surface area contributed by atoms with Crippen LogP contribution in [0, 0.1) is 13.8 Å². The second-order valence-electron chi connectivity index (χ2n) is 5.41. The lowest BCUT2D eigenvalue weighted by Crippen LogP contribution is -2.00. The molecule has 0 unspecified atom stereocenters. The zero-order valence-corrected chi connectivity index (χ0v) is 13.5. The van der Waals surface area contributed by atoms with Crippen LogP contribution in [0.3, 0.4) is 0 Å². The summed E-state index contributed by atoms with van der Waals surface area (Å²) in [5, 5.41) is 4.32. The maximum atomic E-state index is 5.80. The Morgan fingerprint density at radius 1 is 1.32 bits per heavy atom. The molecule has 1 heterocycles. The predicted octanol–water partition coefficient (Wildman–Crippen LogP) is 3.53. The highest BCUT2D eigenvalue weighted by molar-refractivity contribution is 5.80. The molecule has 2 N–H and O–H groups in total. The van der Waals surface area contributed by atoms with Crippen molar-refractivity contribution in [3.05, 3.63) is 41.2 Å². The van der Waals surface area contributed by atoms with Crippen LogP contribution in [0.5, 0.6) is 5.75 Å². The molecule has 5 heteroatoms. The van der Waals surface area contributed by atoms with Crippen molar-refractivity contribution >= 4 is 12.2 Å². The van der Waals surface area contributed by atoms with Crippen LogP contribution in [0.1, 0.15) is 43.0 Å². The maximum Gasteiger partial charge on any atom is 0.221 e. The van der Waals surface area contributed by atoms with Gasteiger partial charge in [0.05, 0.1) is 24.7 Å². The summed E-state index contributed by atoms with van der Waals surface area (Å²) in [5.41, 5.74) is 8.72. The lowest BCUT2D eigenvalue weighted by Gasteiger charge is -2.09. The van der Waals surface area contributed by atoms with Crippen molar-refractivity contribution < 1.29 is 4.74 Å². The van der Waals surface area contributed by atoms with Gasteiger partial charge in [0.1, 0.15) is 5.75 Å². The smallest absolute Gasteiger partial charge is 0.221 e. The van der Waals surface area contributed by atoms with E-state index in [4.69, 9.17) is 10.5 Å². The Balaban J connectivity index is 2.01. The highest BCUT2D eigenvalue weighted by Gasteiger charge is 2.01. The minimum absolute atomic E-state index is 0.390. The minimum atomic E-state index is 0.390. The first-order chi connectivity index (χ1) is 10.6. The predicted molar refractivity (Wildman–Crippen MR) is 90.6 cm³/mol. The van der Waals surface area contributed by atoms with Crippen LogP contribution < -0.4 is 10.5 Å². The van der Waals surface area contributed by atoms with Gasteiger partial charge in [-0.05, 0) is 49.6 Å². The van der Waals surface area contributed by atoms with Crippen LogP contribution in [0.4, 0.5) is 5.95 Å². The monoisotopic (exact) mass is 300 g/mol. The third-order valence-corrected chi connectivity index (χ3v) is 3.37. The van der Waals surface area contributed by atoms with Crippen molar-refractivity contribution in [3.8, 4) is 5.75 Å². The van der Waals surface area contributed by atoms with Crippen molar-refractivity contribution in [2.24, 2.45) is 5.10 Å². The number of imidazole rings is 1. The Hall–Kier alpha value is -2.30. The molecule has 0 aliphatic heterocycles. The number of nitrogens with two attached hydrogens (primary N) is 1. The van der Waals surface area contributed by atoms with E-state index in [2.05, 4.69) is 23.1 Å². The number of hydrogen-bond donors (Lipinski definition) is 1. The topological polar surface area (TPSA) is 65.4 Å². The van der Waals surface area contributed by atoms with Gasteiger partial charge in [-0.2, -0.15) is 5.10 Å². The van der Waals surface area contributed by atoms with E-state index in [0.29, 0.717) is 5.95 Å². The first-order valence-electron chi connectivity index (χ1n) is 7.69. The lowest BCUT2D eigenvalue weighted by atomic mass is 10.1. The number of unbranched alkanes of at least 4 members (excludes halogenated alkanes) is 2. The maximum absolute atomic E-state index is 5.80. The third-order valence-electron chi connectivity index (χ3n) is 3.37. The van der Waals surface area contributed by atoms with E-state index >= 15 is 0 Å². The van der Waals surface area contributed by atoms with E-state index in [1.807, 2.05) is 26.0 Å². The fourth-order valence-electron chi connectivity index (χ4n) is 2.17. The molecule has 0 aliphatic carbocycles. The molecular formula is C17H24N4O. The summed E-state index contributed by atoms with van der Waals surface area (Å²) in [6, 6.07) is 6.04. The van der Waals surface area contributed by atoms with Gasteiger partial charge >= 0.3 is 0 Å². The van der Waals surface area contributed by atoms with Crippen molar-refractivity contribution in [1.82, 2.24) is 9.66 Å². The molecule has 22 heavy (non-hydrogen) atoms. The molecule has 0 saturated carbocycles. The summed E-state index contributed by atoms with van der Waals surface area (Å²) in [6.07, 6.45) is 7.07. The molecule has 0 bridgehead atoms. The molecule has 0 spiro atoms. The Morgan fingerprint density at radius 3 is 2.77 bits per heavy atom. The number of nitrogens with zero attached hydrogens (tertiary/aromatic N) is 3. The van der Waals surface area contributed by atoms with Gasteiger partial charge in [-0.1, -0.05) is 19.8 Å². The molecule has 5 nitrogen and oxygen atoms in total. The molecule has 0 atom stereocenters. The zero-order chi connectivity index (χ0) is 15.9. The number of ether oxygens (including phenoxy) is 1. The van der Waals surface area contributed by atoms with Crippen LogP contribution >= 0.6 is 0 Å². The first kappa shape index (κ1) is 16.1. The SMILES string of the molecule is CCCCCOc1ccc(C=Nn2cc(C)nc2N)cc1C. The summed E-state index contributed by atoms with van der Waals surface area (Å²) in [7, 11) is 0. The van der Waals surface area contributed by atoms with E-state index < -0.39 is 0 Å². The summed E-state index contributed by atoms with van der Waals surface area (Å²) >= 11 is 0. The van der Waals surface area contributed by atoms with E-state index in [0.717, 1.165) is 35.6 Å². The normalized spacial score (nSPS) is 11.2. The van der Waals surface area contributed by atoms with E-state index in [1.54, 1.807) is 17.1 Å². The van der Waals surface area contributed by atoms with Gasteiger partial charge in [-0.3, -0.25) is 0 Å². The van der Waals surface area contributed by atoms with Crippen LogP contribution in [0.15, 0.2) is 29.5 Å². The fraction of sp³-hybridized carbons (Fsp3) is 0.412. The fourth-order valence-corrected chi connectivity index (χ4v) is 2.17. The summed E-state index contributed by atoms with van der Waals surface area (Å²) in [4.78, 5) is 4.11. The van der Waals surface area contributed by atoms with Crippen molar-refractivity contribution in [2.75, 3.05) is 12.3 Å². The van der Waals surface area contributed by atoms with Gasteiger partial charge < -0.3 is 10.5 Å². The molecule has 1 aromatic carbocycles. The largest absolute Gasteiger partial charge is 0.493 e. The van der Waals surface area contributed by atoms with Crippen molar-refractivity contribution in [1.29, 1.82) is 0 Å². The molecule has 118 valence electrons. The molecule has 0 saturated heterocycles. The molecule has 0 aliphatic rings. The number of benzene rings is 1. The Bertz CT molecular complexity index is 646. The van der Waals surface area contributed by atoms with E-state index in [1.165, 1.54) is 12.8 Å². The van der Waals surface area contributed by atoms with Gasteiger partial charge in [0.15, 0.2) is 0 Å². The van der Waals surface area contributed by atoms with Crippen LogP contribution in [-0.2, 0) is 0 Å². The van der Waals surface area contributed by atoms with E-state index in [-0.39, 0.29) is 0 Å². The summed E-state index contributed by atoms with van der Waals surface area (Å²) in [6.45, 7) is 6.89. The molecule has 1 aromatic heterocycles. The molecule has 0 fully saturated rings. The minimum Gasteiger partial charge on any atom is -0.493 e. The molecule has 2 aromatic rings. The van der Waals surface area contributed by atoms with Crippen LogP contribution in [0.2, 0.25) is 0 Å². The van der Waals surface area contributed by atoms with Gasteiger partial charge in [-0.25, -0.2) is 9.66 Å². The summed E-state index contributed by atoms with van der Waals surface area (Å²) < 4.78 is 7.37. The average Bonchev–Trinajstić information content (AvgIpc) is 2.81. The molecule has 2 rings (SSSR count). The molecule has 0 radical (unpaired) electrons. The van der Waals surface area contributed by atoms with Crippen LogP contribution in [0.25, 0.3) is 0 Å². The first-order valence-corrected chi connectivity index (χ1v) is 7.69. The number of hydrogen-bond acceptors (Lipinski definition) is 4. The Kier molecular flexibility index (Phi) is 5.58. The average molecular weight is 300 g/mol. The second-order valence-corrected chi connectivity index (χ2v) is 5.41. The Morgan fingerprint density at radius 2 is 2.14 bits per heavy atom. The summed E-state index contributed by atoms with van der Waals surface area (Å²) in [5.74, 6) is 1.33. The number of aryl methyl sites for hydroxylation is 2. The number of anilines is 1. The van der Waals surface area contributed by atoms with Gasteiger partial charge in [0.25, 0.3) is 0 Å². The van der Waals surface area contributed by atoms with Gasteiger partial charge in [-0.15, -0.1) is 0 Å². The van der Waals surface area contributed by atoms with E-state index in [9.17, 15) is 0 Å². The quantitative estimate of drug-likeness (QED) is 0.628. The number of aromatic nitrogens is 2. The molecule has 0 amide bonds. The molecular weight excluding hydrogens is 276 g/mol. The highest BCUT2D eigenvalue weighted by Crippen LogP contribution is 2.19. The Labute approximate surface area is 131 Å². The number of nitrogen functional groups attached to an aromatic ring is 1. The number of rotatable bonds is 7. The standard InChI is InChI=1S/C17H24N4O/c1-4-5-6-9-22-16-8-7-15(10-13(16)2)11-19-21-12-14(3)20-17(21)18/h7-8,10-12H,4-6,9H2,1-3H3,(H2,18,20). The second kappa shape index (κ2) is 7.64. The van der Waals surface area contributed by atoms with Crippen LogP contribution in [-0.4, -0.2) is 22.5 Å². The zero-order valence-electron chi connectivity index (χ0n) is 13.5.